The number of hydrogen-bond acceptors (Lipinski definition) is 0. The van der Waals surface area contributed by atoms with E-state index in [1.165, 1.54) is 25.7 Å². The van der Waals surface area contributed by atoms with Crippen molar-refractivity contribution in [3.63, 3.8) is 0 Å². The van der Waals surface area contributed by atoms with E-state index in [0.717, 1.165) is 0 Å². The second-order valence-corrected chi connectivity index (χ2v) is 3.38. The van der Waals surface area contributed by atoms with Crippen molar-refractivity contribution < 1.29 is 0 Å². The van der Waals surface area contributed by atoms with Crippen molar-refractivity contribution in [3.05, 3.63) is 12.7 Å². The fraction of sp³-hybridized carbons (Fsp3) is 0.750. The van der Waals surface area contributed by atoms with Gasteiger partial charge in [0.25, 0.3) is 0 Å². The van der Waals surface area contributed by atoms with E-state index in [4.69, 9.17) is 6.58 Å². The van der Waals surface area contributed by atoms with Gasteiger partial charge in [-0.05, 0) is 6.42 Å². The Morgan fingerprint density at radius 2 is 2.22 bits per heavy atom. The van der Waals surface area contributed by atoms with Gasteiger partial charge in [-0.2, -0.15) is 0 Å². The fourth-order valence-electron chi connectivity index (χ4n) is 0.686. The molecule has 0 aliphatic rings. The molecule has 0 rings (SSSR count). The van der Waals surface area contributed by atoms with Gasteiger partial charge < -0.3 is 0 Å². The molecule has 0 saturated carbocycles. The monoisotopic (exact) mass is 189 g/mol. The summed E-state index contributed by atoms with van der Waals surface area (Å²) < 4.78 is 0. The highest BCUT2D eigenvalue weighted by atomic mass is 79.9. The van der Waals surface area contributed by atoms with Crippen molar-refractivity contribution in [2.45, 2.75) is 37.4 Å². The third-order valence-electron chi connectivity index (χ3n) is 1.29. The van der Waals surface area contributed by atoms with Gasteiger partial charge in [0, 0.05) is 4.83 Å². The first-order valence-electron chi connectivity index (χ1n) is 3.50. The van der Waals surface area contributed by atoms with Crippen molar-refractivity contribution in [3.8, 4) is 0 Å². The van der Waals surface area contributed by atoms with Gasteiger partial charge in [0.1, 0.15) is 0 Å². The molecule has 0 aromatic heterocycles. The summed E-state index contributed by atoms with van der Waals surface area (Å²) in [5.74, 6) is 0. The lowest BCUT2D eigenvalue weighted by Crippen LogP contribution is -1.90. The van der Waals surface area contributed by atoms with Crippen LogP contribution in [0, 0.1) is 6.58 Å². The lowest BCUT2D eigenvalue weighted by atomic mass is 10.1. The molecular formula is C8H14Br. The molecular weight excluding hydrogens is 176 g/mol. The maximum absolute atomic E-state index is 5.28. The summed E-state index contributed by atoms with van der Waals surface area (Å²) in [5.41, 5.74) is 0. The molecule has 9 heavy (non-hydrogen) atoms. The van der Waals surface area contributed by atoms with Crippen LogP contribution in [-0.2, 0) is 0 Å². The molecule has 1 radical (unpaired) electrons. The van der Waals surface area contributed by atoms with E-state index in [1.54, 1.807) is 6.08 Å². The first-order chi connectivity index (χ1) is 4.31. The Morgan fingerprint density at radius 1 is 1.56 bits per heavy atom. The van der Waals surface area contributed by atoms with E-state index in [2.05, 4.69) is 22.9 Å². The zero-order valence-corrected chi connectivity index (χ0v) is 7.52. The van der Waals surface area contributed by atoms with Crippen LogP contribution in [0.15, 0.2) is 6.08 Å². The Morgan fingerprint density at radius 3 is 2.67 bits per heavy atom. The lowest BCUT2D eigenvalue weighted by Gasteiger charge is -2.00. The molecule has 0 N–H and O–H groups in total. The van der Waals surface area contributed by atoms with Crippen LogP contribution in [0.2, 0.25) is 0 Å². The van der Waals surface area contributed by atoms with Crippen LogP contribution in [0.3, 0.4) is 0 Å². The van der Waals surface area contributed by atoms with Crippen LogP contribution >= 0.6 is 15.9 Å². The largest absolute Gasteiger partial charge is 0.0845 e. The second-order valence-electron chi connectivity index (χ2n) is 2.20. The van der Waals surface area contributed by atoms with E-state index in [0.29, 0.717) is 4.83 Å². The molecule has 53 valence electrons. The molecule has 1 unspecified atom stereocenters. The smallest absolute Gasteiger partial charge is 0.0328 e. The highest BCUT2D eigenvalue weighted by Gasteiger charge is 1.95. The lowest BCUT2D eigenvalue weighted by molar-refractivity contribution is 0.684. The molecule has 1 atom stereocenters. The Labute approximate surface area is 66.5 Å². The zero-order valence-electron chi connectivity index (χ0n) is 5.94. The molecule has 0 aromatic rings. The number of hydrogen-bond donors (Lipinski definition) is 0. The van der Waals surface area contributed by atoms with Crippen molar-refractivity contribution in [1.82, 2.24) is 0 Å². The van der Waals surface area contributed by atoms with E-state index >= 15 is 0 Å². The molecule has 0 aliphatic heterocycles. The predicted octanol–water partition coefficient (Wildman–Crippen LogP) is 3.32. The first kappa shape index (κ1) is 9.22. The summed E-state index contributed by atoms with van der Waals surface area (Å²) in [6, 6.07) is 0. The van der Waals surface area contributed by atoms with Crippen LogP contribution in [0.25, 0.3) is 0 Å². The highest BCUT2D eigenvalue weighted by Crippen LogP contribution is 2.10. The van der Waals surface area contributed by atoms with E-state index in [9.17, 15) is 0 Å². The van der Waals surface area contributed by atoms with Gasteiger partial charge in [-0.25, -0.2) is 0 Å². The van der Waals surface area contributed by atoms with Crippen LogP contribution in [0.1, 0.15) is 32.6 Å². The molecule has 0 amide bonds. The molecule has 0 bridgehead atoms. The minimum Gasteiger partial charge on any atom is -0.0845 e. The number of halogens is 1. The van der Waals surface area contributed by atoms with Crippen LogP contribution in [0.5, 0.6) is 0 Å². The number of alkyl halides is 1. The zero-order chi connectivity index (χ0) is 7.11. The Kier molecular flexibility index (Phi) is 6.50. The van der Waals surface area contributed by atoms with Crippen LogP contribution < -0.4 is 0 Å². The molecule has 0 spiro atoms. The fourth-order valence-corrected chi connectivity index (χ4v) is 1.01. The Hall–Kier alpha value is 0.220. The summed E-state index contributed by atoms with van der Waals surface area (Å²) >= 11 is 3.43. The highest BCUT2D eigenvalue weighted by molar-refractivity contribution is 9.09. The maximum Gasteiger partial charge on any atom is 0.0328 e. The molecule has 0 heterocycles. The van der Waals surface area contributed by atoms with Crippen molar-refractivity contribution in [2.75, 3.05) is 0 Å². The molecule has 1 heteroatoms. The summed E-state index contributed by atoms with van der Waals surface area (Å²) in [5, 5.41) is 0. The van der Waals surface area contributed by atoms with Crippen LogP contribution in [0.4, 0.5) is 0 Å². The third kappa shape index (κ3) is 6.10. The normalized spacial score (nSPS) is 13.1. The first-order valence-corrected chi connectivity index (χ1v) is 4.42. The minimum absolute atomic E-state index is 0.420. The van der Waals surface area contributed by atoms with E-state index in [-0.39, 0.29) is 0 Å². The molecule has 0 aromatic carbocycles. The van der Waals surface area contributed by atoms with Crippen molar-refractivity contribution in [1.29, 1.82) is 0 Å². The van der Waals surface area contributed by atoms with Gasteiger partial charge in [-0.15, -0.1) is 0 Å². The van der Waals surface area contributed by atoms with Crippen molar-refractivity contribution >= 4 is 15.9 Å². The average Bonchev–Trinajstić information content (AvgIpc) is 1.89. The Bertz CT molecular complexity index is 69.0. The number of rotatable bonds is 5. The maximum atomic E-state index is 5.28. The van der Waals surface area contributed by atoms with Crippen LogP contribution in [-0.4, -0.2) is 4.83 Å². The van der Waals surface area contributed by atoms with Crippen molar-refractivity contribution in [2.24, 2.45) is 0 Å². The molecule has 0 fully saturated rings. The van der Waals surface area contributed by atoms with Gasteiger partial charge in [0.15, 0.2) is 0 Å². The quantitative estimate of drug-likeness (QED) is 0.460. The molecule has 0 nitrogen and oxygen atoms in total. The standard InChI is InChI=1S/C8H14Br/c1-3-5-6-7-8(9)4-2/h2,4,8H,3,5-7H2,1H3. The summed E-state index contributed by atoms with van der Waals surface area (Å²) in [6.45, 7) is 7.49. The average molecular weight is 190 g/mol. The summed E-state index contributed by atoms with van der Waals surface area (Å²) in [7, 11) is 0. The number of unbranched alkanes of at least 4 members (excludes halogenated alkanes) is 2. The van der Waals surface area contributed by atoms with Gasteiger partial charge >= 0.3 is 0 Å². The second kappa shape index (κ2) is 6.34. The van der Waals surface area contributed by atoms with Gasteiger partial charge in [0.2, 0.25) is 0 Å². The van der Waals surface area contributed by atoms with E-state index < -0.39 is 0 Å². The Balaban J connectivity index is 2.96. The minimum atomic E-state index is 0.420. The number of allylic oxidation sites excluding steroid dienone is 1. The third-order valence-corrected chi connectivity index (χ3v) is 2.06. The van der Waals surface area contributed by atoms with Gasteiger partial charge in [-0.3, -0.25) is 0 Å². The summed E-state index contributed by atoms with van der Waals surface area (Å²) in [6.07, 6.45) is 6.75. The predicted molar refractivity (Wildman–Crippen MR) is 45.7 cm³/mol. The molecule has 0 saturated heterocycles. The topological polar surface area (TPSA) is 0 Å². The molecule has 0 aliphatic carbocycles. The van der Waals surface area contributed by atoms with Gasteiger partial charge in [-0.1, -0.05) is 54.8 Å². The summed E-state index contributed by atoms with van der Waals surface area (Å²) in [4.78, 5) is 0.420. The van der Waals surface area contributed by atoms with Gasteiger partial charge in [0.05, 0.1) is 0 Å². The SMILES string of the molecule is [CH]=CC(Br)CCCCC. The van der Waals surface area contributed by atoms with E-state index in [1.807, 2.05) is 0 Å².